The van der Waals surface area contributed by atoms with Crippen LogP contribution in [0.1, 0.15) is 26.2 Å². The molecule has 1 saturated carbocycles. The summed E-state index contributed by atoms with van der Waals surface area (Å²) in [6.45, 7) is 2.21. The van der Waals surface area contributed by atoms with E-state index in [1.165, 1.54) is 12.8 Å². The van der Waals surface area contributed by atoms with Crippen LogP contribution in [0.25, 0.3) is 0 Å². The van der Waals surface area contributed by atoms with Crippen molar-refractivity contribution in [3.63, 3.8) is 0 Å². The molecule has 0 bridgehead atoms. The van der Waals surface area contributed by atoms with Crippen molar-refractivity contribution < 1.29 is 5.11 Å². The molecule has 0 aromatic heterocycles. The second-order valence-corrected chi connectivity index (χ2v) is 6.38. The summed E-state index contributed by atoms with van der Waals surface area (Å²) >= 11 is 9.36. The molecule has 0 radical (unpaired) electrons. The van der Waals surface area contributed by atoms with Crippen LogP contribution in [0.5, 0.6) is 0 Å². The highest BCUT2D eigenvalue weighted by atomic mass is 79.9. The van der Waals surface area contributed by atoms with Crippen molar-refractivity contribution in [1.29, 1.82) is 0 Å². The molecule has 4 heteroatoms. The maximum Gasteiger partial charge on any atom is 0.0658 e. The van der Waals surface area contributed by atoms with Crippen molar-refractivity contribution in [1.82, 2.24) is 0 Å². The van der Waals surface area contributed by atoms with E-state index in [1.807, 2.05) is 18.2 Å². The van der Waals surface area contributed by atoms with Gasteiger partial charge in [0.1, 0.15) is 0 Å². The number of hydrogen-bond donors (Lipinski definition) is 2. The zero-order valence-corrected chi connectivity index (χ0v) is 12.2. The fourth-order valence-corrected chi connectivity index (χ4v) is 2.53. The average Bonchev–Trinajstić information content (AvgIpc) is 3.07. The van der Waals surface area contributed by atoms with Gasteiger partial charge in [0.2, 0.25) is 0 Å². The predicted octanol–water partition coefficient (Wildman–Crippen LogP) is 4.07. The molecule has 94 valence electrons. The Morgan fingerprint density at radius 3 is 2.76 bits per heavy atom. The van der Waals surface area contributed by atoms with Gasteiger partial charge in [-0.1, -0.05) is 24.4 Å². The number of nitrogens with one attached hydrogen (secondary N) is 1. The van der Waals surface area contributed by atoms with Gasteiger partial charge in [0, 0.05) is 10.2 Å². The van der Waals surface area contributed by atoms with E-state index in [1.54, 1.807) is 0 Å². The van der Waals surface area contributed by atoms with Crippen LogP contribution in [0.15, 0.2) is 22.7 Å². The highest BCUT2D eigenvalue weighted by Gasteiger charge is 2.32. The van der Waals surface area contributed by atoms with Crippen molar-refractivity contribution in [2.75, 3.05) is 11.9 Å². The summed E-state index contributed by atoms with van der Waals surface area (Å²) in [7, 11) is 0. The molecule has 1 unspecified atom stereocenters. The van der Waals surface area contributed by atoms with E-state index in [2.05, 4.69) is 28.2 Å². The van der Waals surface area contributed by atoms with Gasteiger partial charge in [0.15, 0.2) is 0 Å². The molecule has 1 aliphatic rings. The number of rotatable bonds is 5. The standard InChI is InChI=1S/C13H17BrClNO/c1-13(8-17,7-9-2-3-9)16-10-4-5-12(15)11(14)6-10/h4-6,9,16-17H,2-3,7-8H2,1H3. The van der Waals surface area contributed by atoms with Crippen molar-refractivity contribution >= 4 is 33.2 Å². The molecule has 2 nitrogen and oxygen atoms in total. The molecular weight excluding hydrogens is 302 g/mol. The van der Waals surface area contributed by atoms with Gasteiger partial charge in [-0.25, -0.2) is 0 Å². The average molecular weight is 319 g/mol. The zero-order chi connectivity index (χ0) is 12.5. The van der Waals surface area contributed by atoms with Crippen LogP contribution in [0, 0.1) is 5.92 Å². The molecule has 1 aromatic carbocycles. The molecule has 2 N–H and O–H groups in total. The highest BCUT2D eigenvalue weighted by Crippen LogP contribution is 2.38. The van der Waals surface area contributed by atoms with E-state index < -0.39 is 0 Å². The summed E-state index contributed by atoms with van der Waals surface area (Å²) in [5.41, 5.74) is 0.743. The van der Waals surface area contributed by atoms with Gasteiger partial charge in [-0.05, 0) is 53.4 Å². The highest BCUT2D eigenvalue weighted by molar-refractivity contribution is 9.10. The second-order valence-electron chi connectivity index (χ2n) is 5.12. The van der Waals surface area contributed by atoms with E-state index >= 15 is 0 Å². The van der Waals surface area contributed by atoms with Crippen LogP contribution in [0.2, 0.25) is 5.02 Å². The molecule has 0 saturated heterocycles. The molecule has 0 spiro atoms. The second kappa shape index (κ2) is 5.17. The molecule has 2 rings (SSSR count). The summed E-state index contributed by atoms with van der Waals surface area (Å²) in [6.07, 6.45) is 3.60. The molecule has 0 heterocycles. The van der Waals surface area contributed by atoms with Gasteiger partial charge in [-0.3, -0.25) is 0 Å². The lowest BCUT2D eigenvalue weighted by atomic mass is 9.95. The molecule has 0 aliphatic heterocycles. The van der Waals surface area contributed by atoms with E-state index in [0.717, 1.165) is 22.5 Å². The molecular formula is C13H17BrClNO. The Kier molecular flexibility index (Phi) is 4.01. The lowest BCUT2D eigenvalue weighted by Gasteiger charge is -2.30. The molecule has 1 aromatic rings. The third-order valence-corrected chi connectivity index (χ3v) is 4.36. The first kappa shape index (κ1) is 13.2. The monoisotopic (exact) mass is 317 g/mol. The van der Waals surface area contributed by atoms with Crippen molar-refractivity contribution in [3.8, 4) is 0 Å². The van der Waals surface area contributed by atoms with Gasteiger partial charge in [-0.2, -0.15) is 0 Å². The molecule has 1 aliphatic carbocycles. The Hall–Kier alpha value is -0.250. The third kappa shape index (κ3) is 3.60. The fraction of sp³-hybridized carbons (Fsp3) is 0.538. The lowest BCUT2D eigenvalue weighted by Crippen LogP contribution is -2.39. The number of halogens is 2. The Bertz CT molecular complexity index is 408. The van der Waals surface area contributed by atoms with Crippen molar-refractivity contribution in [2.45, 2.75) is 31.7 Å². The van der Waals surface area contributed by atoms with Gasteiger partial charge in [-0.15, -0.1) is 0 Å². The number of aliphatic hydroxyl groups is 1. The van der Waals surface area contributed by atoms with Gasteiger partial charge >= 0.3 is 0 Å². The Labute approximate surface area is 115 Å². The van der Waals surface area contributed by atoms with Crippen LogP contribution >= 0.6 is 27.5 Å². The van der Waals surface area contributed by atoms with Crippen LogP contribution in [-0.2, 0) is 0 Å². The van der Waals surface area contributed by atoms with E-state index in [9.17, 15) is 5.11 Å². The minimum absolute atomic E-state index is 0.143. The summed E-state index contributed by atoms with van der Waals surface area (Å²) in [5, 5.41) is 13.7. The SMILES string of the molecule is CC(CO)(CC1CC1)Nc1ccc(Cl)c(Br)c1. The molecule has 1 fully saturated rings. The Morgan fingerprint density at radius 1 is 1.53 bits per heavy atom. The third-order valence-electron chi connectivity index (χ3n) is 3.15. The predicted molar refractivity (Wildman–Crippen MR) is 75.6 cm³/mol. The number of anilines is 1. The lowest BCUT2D eigenvalue weighted by molar-refractivity contribution is 0.209. The van der Waals surface area contributed by atoms with Crippen molar-refractivity contribution in [2.24, 2.45) is 5.92 Å². The minimum atomic E-state index is -0.242. The van der Waals surface area contributed by atoms with Gasteiger partial charge in [0.05, 0.1) is 17.2 Å². The summed E-state index contributed by atoms with van der Waals surface area (Å²) in [5.74, 6) is 0.774. The van der Waals surface area contributed by atoms with Crippen LogP contribution in [-0.4, -0.2) is 17.3 Å². The fourth-order valence-electron chi connectivity index (χ4n) is 2.04. The first-order valence-corrected chi connectivity index (χ1v) is 7.04. The summed E-state index contributed by atoms with van der Waals surface area (Å²) in [4.78, 5) is 0. The maximum atomic E-state index is 9.55. The van der Waals surface area contributed by atoms with Crippen LogP contribution in [0.3, 0.4) is 0 Å². The van der Waals surface area contributed by atoms with Crippen LogP contribution < -0.4 is 5.32 Å². The van der Waals surface area contributed by atoms with Gasteiger partial charge in [0.25, 0.3) is 0 Å². The number of hydrogen-bond acceptors (Lipinski definition) is 2. The van der Waals surface area contributed by atoms with Crippen molar-refractivity contribution in [3.05, 3.63) is 27.7 Å². The van der Waals surface area contributed by atoms with Gasteiger partial charge < -0.3 is 10.4 Å². The quantitative estimate of drug-likeness (QED) is 0.858. The summed E-state index contributed by atoms with van der Waals surface area (Å²) < 4.78 is 0.871. The largest absolute Gasteiger partial charge is 0.394 e. The Morgan fingerprint density at radius 2 is 2.24 bits per heavy atom. The molecule has 17 heavy (non-hydrogen) atoms. The van der Waals surface area contributed by atoms with E-state index in [4.69, 9.17) is 11.6 Å². The molecule has 0 amide bonds. The zero-order valence-electron chi connectivity index (χ0n) is 9.84. The molecule has 1 atom stereocenters. The smallest absolute Gasteiger partial charge is 0.0658 e. The van der Waals surface area contributed by atoms with E-state index in [0.29, 0.717) is 5.02 Å². The number of aliphatic hydroxyl groups excluding tert-OH is 1. The number of benzene rings is 1. The first-order valence-electron chi connectivity index (χ1n) is 5.86. The summed E-state index contributed by atoms with van der Waals surface area (Å²) in [6, 6.07) is 5.74. The first-order chi connectivity index (χ1) is 8.02. The normalized spacial score (nSPS) is 18.8. The maximum absolute atomic E-state index is 9.55. The Balaban J connectivity index is 2.08. The minimum Gasteiger partial charge on any atom is -0.394 e. The van der Waals surface area contributed by atoms with E-state index in [-0.39, 0.29) is 12.1 Å². The topological polar surface area (TPSA) is 32.3 Å². The van der Waals surface area contributed by atoms with Crippen LogP contribution in [0.4, 0.5) is 5.69 Å².